The quantitative estimate of drug-likeness (QED) is 0.119. The molecular weight excluding hydrogens is 760 g/mol. The summed E-state index contributed by atoms with van der Waals surface area (Å²) in [5.74, 6) is 0.0627. The van der Waals surface area contributed by atoms with Crippen LogP contribution >= 0.6 is 99.3 Å². The van der Waals surface area contributed by atoms with Gasteiger partial charge in [-0.3, -0.25) is 9.59 Å². The SMILES string of the molecule is CPC.O=C(c1ccsc1)c1csc2c(C(=O)c3ccsc3)csc12.OC(c1ccsc1)c1csc2c(C(O)c3ccsc3)csc12. The van der Waals surface area contributed by atoms with Gasteiger partial charge in [0.2, 0.25) is 0 Å². The fourth-order valence-electron chi connectivity index (χ4n) is 4.69. The molecule has 240 valence electrons. The van der Waals surface area contributed by atoms with Crippen molar-refractivity contribution in [1.82, 2.24) is 0 Å². The second-order valence-electron chi connectivity index (χ2n) is 10.1. The van der Waals surface area contributed by atoms with Crippen LogP contribution in [0.4, 0.5) is 0 Å². The van der Waals surface area contributed by atoms with Crippen molar-refractivity contribution in [3.8, 4) is 0 Å². The molecule has 0 aromatic carbocycles. The molecule has 8 aromatic heterocycles. The molecule has 8 heterocycles. The molecule has 0 bridgehead atoms. The van der Waals surface area contributed by atoms with E-state index >= 15 is 0 Å². The van der Waals surface area contributed by atoms with Crippen molar-refractivity contribution in [2.24, 2.45) is 0 Å². The van der Waals surface area contributed by atoms with Gasteiger partial charge in [-0.2, -0.15) is 45.3 Å². The Bertz CT molecular complexity index is 2010. The molecule has 0 spiro atoms. The van der Waals surface area contributed by atoms with Crippen molar-refractivity contribution in [2.75, 3.05) is 13.3 Å². The minimum Gasteiger partial charge on any atom is -0.384 e. The molecule has 8 aromatic rings. The van der Waals surface area contributed by atoms with Crippen LogP contribution in [-0.4, -0.2) is 35.1 Å². The highest BCUT2D eigenvalue weighted by molar-refractivity contribution is 7.36. The molecule has 13 heteroatoms. The van der Waals surface area contributed by atoms with Gasteiger partial charge in [-0.15, -0.1) is 53.9 Å². The first-order valence-electron chi connectivity index (χ1n) is 14.0. The number of thiophene rings is 8. The predicted molar refractivity (Wildman–Crippen MR) is 212 cm³/mol. The fourth-order valence-corrected chi connectivity index (χ4v) is 12.2. The molecule has 2 N–H and O–H groups in total. The number of rotatable bonds is 8. The number of ketones is 2. The third-order valence-corrected chi connectivity index (χ3v) is 14.1. The molecule has 0 aliphatic carbocycles. The van der Waals surface area contributed by atoms with Crippen molar-refractivity contribution in [3.05, 3.63) is 133 Å². The first-order chi connectivity index (χ1) is 22.9. The van der Waals surface area contributed by atoms with Gasteiger partial charge in [0.1, 0.15) is 12.2 Å². The topological polar surface area (TPSA) is 74.6 Å². The summed E-state index contributed by atoms with van der Waals surface area (Å²) in [6.45, 7) is 4.31. The molecule has 0 radical (unpaired) electrons. The Hall–Kier alpha value is -2.19. The lowest BCUT2D eigenvalue weighted by molar-refractivity contribution is 0.103. The number of fused-ring (bicyclic) bond motifs is 2. The van der Waals surface area contributed by atoms with Gasteiger partial charge >= 0.3 is 0 Å². The highest BCUT2D eigenvalue weighted by atomic mass is 32.1. The van der Waals surface area contributed by atoms with Gasteiger partial charge < -0.3 is 10.2 Å². The van der Waals surface area contributed by atoms with Crippen LogP contribution in [0.1, 0.15) is 66.3 Å². The number of hydrogen-bond acceptors (Lipinski definition) is 12. The first-order valence-corrected chi connectivity index (χ1v) is 23.3. The van der Waals surface area contributed by atoms with E-state index in [1.807, 2.05) is 88.8 Å². The summed E-state index contributed by atoms with van der Waals surface area (Å²) in [6, 6.07) is 7.57. The zero-order valence-corrected chi connectivity index (χ0v) is 32.4. The largest absolute Gasteiger partial charge is 0.384 e. The summed E-state index contributed by atoms with van der Waals surface area (Å²) in [6.07, 6.45) is -1.19. The fraction of sp³-hybridized carbons (Fsp3) is 0.118. The van der Waals surface area contributed by atoms with Crippen molar-refractivity contribution in [2.45, 2.75) is 12.2 Å². The van der Waals surface area contributed by atoms with Gasteiger partial charge in [-0.25, -0.2) is 0 Å². The Morgan fingerprint density at radius 2 is 0.894 bits per heavy atom. The van der Waals surface area contributed by atoms with E-state index in [1.165, 1.54) is 45.3 Å². The second kappa shape index (κ2) is 16.0. The Labute approximate surface area is 305 Å². The van der Waals surface area contributed by atoms with Gasteiger partial charge in [0.15, 0.2) is 11.6 Å². The average Bonchev–Trinajstić information content (AvgIpc) is 3.94. The standard InChI is InChI=1S/C16H12O2S4.C16H8O2S4.C2H7P/c2*17-13(9-1-3-19-5-9)11-7-21-16-12(8-22-15(11)16)14(18)10-2-4-20-6-10;1-3-2/h1-8,13-14,17-18H;1-8H;3H,1-2H3. The minimum absolute atomic E-state index is 0.0314. The maximum absolute atomic E-state index is 12.5. The molecule has 0 fully saturated rings. The maximum atomic E-state index is 12.5. The summed E-state index contributed by atoms with van der Waals surface area (Å²) in [4.78, 5) is 25.1. The second-order valence-corrected chi connectivity index (χ2v) is 17.7. The van der Waals surface area contributed by atoms with Crippen LogP contribution in [0.2, 0.25) is 0 Å². The lowest BCUT2D eigenvalue weighted by Crippen LogP contribution is -1.97. The molecule has 0 aliphatic rings. The lowest BCUT2D eigenvalue weighted by Gasteiger charge is -2.07. The molecule has 0 saturated carbocycles. The van der Waals surface area contributed by atoms with Crippen LogP contribution < -0.4 is 0 Å². The minimum atomic E-state index is -0.593. The summed E-state index contributed by atoms with van der Waals surface area (Å²) in [5, 5.41) is 44.3. The predicted octanol–water partition coefficient (Wildman–Crippen LogP) is 11.7. The van der Waals surface area contributed by atoms with Crippen LogP contribution in [0.25, 0.3) is 18.8 Å². The molecule has 0 aliphatic heterocycles. The zero-order chi connectivity index (χ0) is 32.9. The summed E-state index contributed by atoms with van der Waals surface area (Å²) in [7, 11) is 1.08. The van der Waals surface area contributed by atoms with Gasteiger partial charge in [0.25, 0.3) is 0 Å². The van der Waals surface area contributed by atoms with E-state index in [9.17, 15) is 19.8 Å². The van der Waals surface area contributed by atoms with Crippen LogP contribution in [0.3, 0.4) is 0 Å². The van der Waals surface area contributed by atoms with Crippen molar-refractivity contribution < 1.29 is 19.8 Å². The Morgan fingerprint density at radius 1 is 0.532 bits per heavy atom. The molecule has 0 amide bonds. The molecule has 2 unspecified atom stereocenters. The molecule has 0 saturated heterocycles. The third-order valence-electron chi connectivity index (χ3n) is 6.99. The van der Waals surface area contributed by atoms with Gasteiger partial charge in [0, 0.05) is 43.8 Å². The van der Waals surface area contributed by atoms with Crippen LogP contribution in [0.5, 0.6) is 0 Å². The maximum Gasteiger partial charge on any atom is 0.196 e. The van der Waals surface area contributed by atoms with E-state index in [1.54, 1.807) is 45.3 Å². The van der Waals surface area contributed by atoms with Crippen molar-refractivity contribution >= 4 is 130 Å². The molecule has 47 heavy (non-hydrogen) atoms. The van der Waals surface area contributed by atoms with E-state index in [2.05, 4.69) is 13.3 Å². The Balaban J connectivity index is 0.000000152. The average molecular weight is 787 g/mol. The Kier molecular flexibility index (Phi) is 11.8. The zero-order valence-electron chi connectivity index (χ0n) is 24.9. The number of carbonyl (C=O) groups excluding carboxylic acids is 2. The summed E-state index contributed by atoms with van der Waals surface area (Å²) >= 11 is 12.3. The monoisotopic (exact) mass is 786 g/mol. The van der Waals surface area contributed by atoms with Crippen molar-refractivity contribution in [1.29, 1.82) is 0 Å². The first kappa shape index (κ1) is 34.7. The van der Waals surface area contributed by atoms with Crippen LogP contribution in [-0.2, 0) is 0 Å². The van der Waals surface area contributed by atoms with Crippen LogP contribution in [0.15, 0.2) is 88.8 Å². The van der Waals surface area contributed by atoms with Crippen LogP contribution in [0, 0.1) is 0 Å². The van der Waals surface area contributed by atoms with E-state index in [-0.39, 0.29) is 11.6 Å². The number of aliphatic hydroxyl groups is 2. The Morgan fingerprint density at radius 3 is 1.23 bits per heavy atom. The lowest BCUT2D eigenvalue weighted by atomic mass is 10.1. The molecular formula is C34H27O4PS8. The van der Waals surface area contributed by atoms with E-state index in [0.29, 0.717) is 22.3 Å². The molecule has 8 rings (SSSR count). The van der Waals surface area contributed by atoms with Gasteiger partial charge in [-0.1, -0.05) is 0 Å². The number of aliphatic hydroxyl groups excluding tert-OH is 2. The number of hydrogen-bond donors (Lipinski definition) is 2. The van der Waals surface area contributed by atoms with Gasteiger partial charge in [0.05, 0.1) is 29.9 Å². The summed E-state index contributed by atoms with van der Waals surface area (Å²) in [5.41, 5.74) is 6.56. The van der Waals surface area contributed by atoms with Crippen molar-refractivity contribution in [3.63, 3.8) is 0 Å². The third kappa shape index (κ3) is 7.39. The molecule has 2 atom stereocenters. The van der Waals surface area contributed by atoms with Gasteiger partial charge in [-0.05, 0) is 91.8 Å². The summed E-state index contributed by atoms with van der Waals surface area (Å²) < 4.78 is 3.99. The highest BCUT2D eigenvalue weighted by Crippen LogP contribution is 2.43. The highest BCUT2D eigenvalue weighted by Gasteiger charge is 2.23. The number of carbonyl (C=O) groups is 2. The van der Waals surface area contributed by atoms with E-state index in [4.69, 9.17) is 0 Å². The van der Waals surface area contributed by atoms with E-state index < -0.39 is 12.2 Å². The normalized spacial score (nSPS) is 12.3. The molecule has 4 nitrogen and oxygen atoms in total. The van der Waals surface area contributed by atoms with E-state index in [0.717, 1.165) is 49.6 Å². The smallest absolute Gasteiger partial charge is 0.196 e.